The highest BCUT2D eigenvalue weighted by molar-refractivity contribution is 7.99. The Kier molecular flexibility index (Phi) is 5.24. The molecule has 0 spiro atoms. The van der Waals surface area contributed by atoms with Gasteiger partial charge in [0.2, 0.25) is 6.29 Å². The molecule has 3 heterocycles. The van der Waals surface area contributed by atoms with Crippen LogP contribution in [0.5, 0.6) is 0 Å². The van der Waals surface area contributed by atoms with Gasteiger partial charge in [0.1, 0.15) is 0 Å². The SMILES string of the molecule is Cc1cc(NCc2ccc(Sc3ccoc3C3OCCO3)cc2)ccn1. The van der Waals surface area contributed by atoms with Crippen LogP contribution in [0.2, 0.25) is 0 Å². The Morgan fingerprint density at radius 1 is 1.12 bits per heavy atom. The molecule has 1 aliphatic heterocycles. The number of benzene rings is 1. The van der Waals surface area contributed by atoms with E-state index in [0.717, 1.165) is 33.5 Å². The fourth-order valence-electron chi connectivity index (χ4n) is 2.74. The monoisotopic (exact) mass is 368 g/mol. The highest BCUT2D eigenvalue weighted by atomic mass is 32.2. The van der Waals surface area contributed by atoms with Crippen molar-refractivity contribution < 1.29 is 13.9 Å². The predicted octanol–water partition coefficient (Wildman–Crippen LogP) is 4.79. The molecule has 134 valence electrons. The van der Waals surface area contributed by atoms with Crippen molar-refractivity contribution in [3.63, 3.8) is 0 Å². The number of nitrogens with zero attached hydrogens (tertiary/aromatic N) is 1. The summed E-state index contributed by atoms with van der Waals surface area (Å²) < 4.78 is 16.6. The van der Waals surface area contributed by atoms with E-state index in [9.17, 15) is 0 Å². The molecule has 2 aromatic heterocycles. The molecule has 0 unspecified atom stereocenters. The zero-order valence-electron chi connectivity index (χ0n) is 14.5. The number of rotatable bonds is 6. The highest BCUT2D eigenvalue weighted by Crippen LogP contribution is 2.37. The van der Waals surface area contributed by atoms with E-state index < -0.39 is 0 Å². The lowest BCUT2D eigenvalue weighted by molar-refractivity contribution is -0.0611. The van der Waals surface area contributed by atoms with Gasteiger partial charge in [0.05, 0.1) is 24.4 Å². The maximum atomic E-state index is 5.56. The van der Waals surface area contributed by atoms with Crippen LogP contribution in [0.3, 0.4) is 0 Å². The summed E-state index contributed by atoms with van der Waals surface area (Å²) in [6.07, 6.45) is 3.11. The second-order valence-corrected chi connectivity index (χ2v) is 7.12. The average Bonchev–Trinajstić information content (AvgIpc) is 3.32. The fraction of sp³-hybridized carbons (Fsp3) is 0.250. The van der Waals surface area contributed by atoms with E-state index in [1.54, 1.807) is 18.0 Å². The predicted molar refractivity (Wildman–Crippen MR) is 100 cm³/mol. The Bertz CT molecular complexity index is 858. The lowest BCUT2D eigenvalue weighted by Gasteiger charge is -2.09. The van der Waals surface area contributed by atoms with Gasteiger partial charge in [-0.3, -0.25) is 4.98 Å². The normalized spacial score (nSPS) is 14.7. The molecule has 26 heavy (non-hydrogen) atoms. The summed E-state index contributed by atoms with van der Waals surface area (Å²) in [5.41, 5.74) is 3.31. The first-order valence-corrected chi connectivity index (χ1v) is 9.33. The van der Waals surface area contributed by atoms with Crippen LogP contribution in [0.1, 0.15) is 23.3 Å². The quantitative estimate of drug-likeness (QED) is 0.675. The first-order chi connectivity index (χ1) is 12.8. The molecular weight excluding hydrogens is 348 g/mol. The van der Waals surface area contributed by atoms with Crippen molar-refractivity contribution in [3.8, 4) is 0 Å². The lowest BCUT2D eigenvalue weighted by atomic mass is 10.2. The molecule has 0 aliphatic carbocycles. The molecule has 0 bridgehead atoms. The molecule has 6 heteroatoms. The van der Waals surface area contributed by atoms with E-state index in [4.69, 9.17) is 13.9 Å². The maximum absolute atomic E-state index is 5.56. The molecule has 1 N–H and O–H groups in total. The number of aryl methyl sites for hydroxylation is 1. The molecular formula is C20H20N2O3S. The van der Waals surface area contributed by atoms with Gasteiger partial charge in [-0.25, -0.2) is 0 Å². The molecule has 4 rings (SSSR count). The van der Waals surface area contributed by atoms with Gasteiger partial charge in [-0.2, -0.15) is 0 Å². The van der Waals surface area contributed by atoms with E-state index in [1.165, 1.54) is 5.56 Å². The minimum absolute atomic E-state index is 0.389. The Balaban J connectivity index is 1.38. The van der Waals surface area contributed by atoms with Crippen molar-refractivity contribution in [2.45, 2.75) is 29.5 Å². The lowest BCUT2D eigenvalue weighted by Crippen LogP contribution is -1.99. The van der Waals surface area contributed by atoms with E-state index in [-0.39, 0.29) is 6.29 Å². The van der Waals surface area contributed by atoms with Crippen LogP contribution in [-0.4, -0.2) is 18.2 Å². The van der Waals surface area contributed by atoms with Crippen LogP contribution in [0.4, 0.5) is 5.69 Å². The third-order valence-electron chi connectivity index (χ3n) is 4.04. The van der Waals surface area contributed by atoms with E-state index in [0.29, 0.717) is 13.2 Å². The first-order valence-electron chi connectivity index (χ1n) is 8.52. The van der Waals surface area contributed by atoms with Crippen molar-refractivity contribution in [1.82, 2.24) is 4.98 Å². The fourth-order valence-corrected chi connectivity index (χ4v) is 3.63. The standard InChI is InChI=1S/C20H20N2O3S/c1-14-12-16(6-8-21-14)22-13-15-2-4-17(5-3-15)26-18-7-9-23-19(18)20-24-10-11-25-20/h2-9,12,20H,10-11,13H2,1H3,(H,21,22). The molecule has 5 nitrogen and oxygen atoms in total. The molecule has 0 atom stereocenters. The van der Waals surface area contributed by atoms with Gasteiger partial charge in [0.15, 0.2) is 5.76 Å². The number of ether oxygens (including phenoxy) is 2. The Labute approximate surface area is 156 Å². The second kappa shape index (κ2) is 7.95. The van der Waals surface area contributed by atoms with Gasteiger partial charge in [0, 0.05) is 29.0 Å². The summed E-state index contributed by atoms with van der Waals surface area (Å²) in [6.45, 7) is 3.97. The summed E-state index contributed by atoms with van der Waals surface area (Å²) in [5, 5.41) is 3.42. The summed E-state index contributed by atoms with van der Waals surface area (Å²) in [6, 6.07) is 14.5. The zero-order chi connectivity index (χ0) is 17.8. The van der Waals surface area contributed by atoms with Crippen molar-refractivity contribution in [3.05, 3.63) is 71.9 Å². The van der Waals surface area contributed by atoms with Crippen molar-refractivity contribution >= 4 is 17.4 Å². The largest absolute Gasteiger partial charge is 0.463 e. The summed E-state index contributed by atoms with van der Waals surface area (Å²) in [5.74, 6) is 0.742. The third-order valence-corrected chi connectivity index (χ3v) is 5.10. The number of furan rings is 1. The molecule has 1 saturated heterocycles. The maximum Gasteiger partial charge on any atom is 0.218 e. The van der Waals surface area contributed by atoms with Crippen LogP contribution < -0.4 is 5.32 Å². The van der Waals surface area contributed by atoms with E-state index >= 15 is 0 Å². The molecule has 0 saturated carbocycles. The summed E-state index contributed by atoms with van der Waals surface area (Å²) in [4.78, 5) is 6.38. The van der Waals surface area contributed by atoms with E-state index in [2.05, 4.69) is 34.6 Å². The average molecular weight is 368 g/mol. The molecule has 1 aliphatic rings. The minimum atomic E-state index is -0.389. The van der Waals surface area contributed by atoms with Crippen molar-refractivity contribution in [2.75, 3.05) is 18.5 Å². The zero-order valence-corrected chi connectivity index (χ0v) is 15.3. The minimum Gasteiger partial charge on any atom is -0.463 e. The topological polar surface area (TPSA) is 56.5 Å². The summed E-state index contributed by atoms with van der Waals surface area (Å²) >= 11 is 1.65. The van der Waals surface area contributed by atoms with Crippen LogP contribution >= 0.6 is 11.8 Å². The Hall–Kier alpha value is -2.28. The van der Waals surface area contributed by atoms with Gasteiger partial charge >= 0.3 is 0 Å². The van der Waals surface area contributed by atoms with Crippen LogP contribution in [0.25, 0.3) is 0 Å². The highest BCUT2D eigenvalue weighted by Gasteiger charge is 2.25. The number of aromatic nitrogens is 1. The number of nitrogens with one attached hydrogen (secondary N) is 1. The third kappa shape index (κ3) is 4.09. The summed E-state index contributed by atoms with van der Waals surface area (Å²) in [7, 11) is 0. The number of hydrogen-bond donors (Lipinski definition) is 1. The Morgan fingerprint density at radius 3 is 2.69 bits per heavy atom. The number of anilines is 1. The first kappa shape index (κ1) is 17.1. The number of pyridine rings is 1. The smallest absolute Gasteiger partial charge is 0.218 e. The van der Waals surface area contributed by atoms with Crippen LogP contribution in [-0.2, 0) is 16.0 Å². The van der Waals surface area contributed by atoms with Gasteiger partial charge in [-0.15, -0.1) is 0 Å². The van der Waals surface area contributed by atoms with Gasteiger partial charge in [0.25, 0.3) is 0 Å². The second-order valence-electron chi connectivity index (χ2n) is 6.01. The molecule has 1 fully saturated rings. The van der Waals surface area contributed by atoms with Gasteiger partial charge in [-0.1, -0.05) is 23.9 Å². The molecule has 0 radical (unpaired) electrons. The van der Waals surface area contributed by atoms with Gasteiger partial charge < -0.3 is 19.2 Å². The van der Waals surface area contributed by atoms with Gasteiger partial charge in [-0.05, 0) is 42.8 Å². The number of hydrogen-bond acceptors (Lipinski definition) is 6. The van der Waals surface area contributed by atoms with Crippen molar-refractivity contribution in [2.24, 2.45) is 0 Å². The Morgan fingerprint density at radius 2 is 1.92 bits per heavy atom. The molecule has 3 aromatic rings. The van der Waals surface area contributed by atoms with Crippen LogP contribution in [0, 0.1) is 6.92 Å². The van der Waals surface area contributed by atoms with E-state index in [1.807, 2.05) is 31.3 Å². The molecule has 0 amide bonds. The van der Waals surface area contributed by atoms with Crippen molar-refractivity contribution in [1.29, 1.82) is 0 Å². The molecule has 1 aromatic carbocycles. The van der Waals surface area contributed by atoms with Crippen LogP contribution in [0.15, 0.2) is 69.1 Å².